The van der Waals surface area contributed by atoms with Gasteiger partial charge in [-0.25, -0.2) is 14.6 Å². The molecule has 0 spiro atoms. The fourth-order valence-corrected chi connectivity index (χ4v) is 5.72. The minimum Gasteiger partial charge on any atom is -0.497 e. The van der Waals surface area contributed by atoms with Crippen molar-refractivity contribution >= 4 is 41.0 Å². The van der Waals surface area contributed by atoms with Gasteiger partial charge in [0.25, 0.3) is 5.56 Å². The Bertz CT molecular complexity index is 1840. The minimum absolute atomic E-state index is 0.194. The average Bonchev–Trinajstić information content (AvgIpc) is 3.27. The molecule has 0 saturated carbocycles. The number of hydrogen-bond acceptors (Lipinski definition) is 8. The van der Waals surface area contributed by atoms with Crippen LogP contribution in [0, 0.1) is 0 Å². The van der Waals surface area contributed by atoms with Crippen LogP contribution in [0.15, 0.2) is 93.9 Å². The highest BCUT2D eigenvalue weighted by molar-refractivity contribution is 7.07. The number of nitrogens with zero attached hydrogens (tertiary/aromatic N) is 2. The summed E-state index contributed by atoms with van der Waals surface area (Å²) < 4.78 is 18.0. The highest BCUT2D eigenvalue weighted by Crippen LogP contribution is 2.31. The number of esters is 2. The van der Waals surface area contributed by atoms with Crippen LogP contribution in [-0.4, -0.2) is 30.2 Å². The molecule has 0 fully saturated rings. The van der Waals surface area contributed by atoms with Gasteiger partial charge in [0.05, 0.1) is 46.1 Å². The molecule has 1 atom stereocenters. The number of fused-ring (bicyclic) bond motifs is 1. The van der Waals surface area contributed by atoms with E-state index < -0.39 is 18.0 Å². The van der Waals surface area contributed by atoms with E-state index in [9.17, 15) is 14.4 Å². The quantitative estimate of drug-likeness (QED) is 0.230. The average molecular weight is 589 g/mol. The number of allylic oxidation sites excluding steroid dienone is 1. The number of carbonyl (C=O) groups is 2. The van der Waals surface area contributed by atoms with E-state index in [1.54, 1.807) is 87.7 Å². The smallest absolute Gasteiger partial charge is 0.345 e. The second-order valence-electron chi connectivity index (χ2n) is 9.01. The summed E-state index contributed by atoms with van der Waals surface area (Å²) in [6.07, 6.45) is 1.73. The first-order valence-corrected chi connectivity index (χ1v) is 13.9. The van der Waals surface area contributed by atoms with Gasteiger partial charge < -0.3 is 14.2 Å². The number of hydrogen-bond donors (Lipinski definition) is 0. The molecular weight excluding hydrogens is 564 g/mol. The van der Waals surface area contributed by atoms with Crippen LogP contribution >= 0.6 is 22.9 Å². The van der Waals surface area contributed by atoms with Gasteiger partial charge in [0, 0.05) is 0 Å². The van der Waals surface area contributed by atoms with Gasteiger partial charge in [-0.05, 0) is 67.4 Å². The Morgan fingerprint density at radius 3 is 2.34 bits per heavy atom. The Balaban J connectivity index is 1.51. The number of rotatable bonds is 7. The summed E-state index contributed by atoms with van der Waals surface area (Å²) >= 11 is 7.32. The molecule has 4 aromatic rings. The van der Waals surface area contributed by atoms with Crippen LogP contribution in [0.3, 0.4) is 0 Å². The molecule has 10 heteroatoms. The van der Waals surface area contributed by atoms with Crippen LogP contribution in [0.25, 0.3) is 6.08 Å². The Kier molecular flexibility index (Phi) is 8.19. The van der Waals surface area contributed by atoms with Crippen molar-refractivity contribution in [2.24, 2.45) is 4.99 Å². The molecule has 0 radical (unpaired) electrons. The predicted octanol–water partition coefficient (Wildman–Crippen LogP) is 4.68. The van der Waals surface area contributed by atoms with Crippen molar-refractivity contribution in [1.29, 1.82) is 0 Å². The van der Waals surface area contributed by atoms with Crippen LogP contribution in [0.5, 0.6) is 11.5 Å². The van der Waals surface area contributed by atoms with Crippen molar-refractivity contribution in [2.45, 2.75) is 19.9 Å². The monoisotopic (exact) mass is 588 g/mol. The molecule has 0 bridgehead atoms. The van der Waals surface area contributed by atoms with Gasteiger partial charge in [-0.1, -0.05) is 59.3 Å². The molecular formula is C31H25ClN2O6S. The molecule has 0 unspecified atom stereocenters. The largest absolute Gasteiger partial charge is 0.497 e. The number of aromatic nitrogens is 1. The van der Waals surface area contributed by atoms with E-state index in [4.69, 9.17) is 25.8 Å². The van der Waals surface area contributed by atoms with Gasteiger partial charge in [-0.2, -0.15) is 0 Å². The van der Waals surface area contributed by atoms with Crippen molar-refractivity contribution in [3.63, 3.8) is 0 Å². The lowest BCUT2D eigenvalue weighted by molar-refractivity contribution is -0.139. The van der Waals surface area contributed by atoms with Crippen LogP contribution in [0.4, 0.5) is 0 Å². The molecule has 1 aliphatic heterocycles. The lowest BCUT2D eigenvalue weighted by atomic mass is 9.96. The zero-order chi connectivity index (χ0) is 29.1. The van der Waals surface area contributed by atoms with Gasteiger partial charge in [-0.3, -0.25) is 9.36 Å². The van der Waals surface area contributed by atoms with E-state index in [0.29, 0.717) is 37.1 Å². The molecule has 1 aliphatic rings. The summed E-state index contributed by atoms with van der Waals surface area (Å²) in [6, 6.07) is 19.9. The molecule has 0 N–H and O–H groups in total. The van der Waals surface area contributed by atoms with Crippen LogP contribution in [-0.2, 0) is 9.53 Å². The van der Waals surface area contributed by atoms with Gasteiger partial charge in [-0.15, -0.1) is 0 Å². The Hall–Kier alpha value is -4.47. The third kappa shape index (κ3) is 5.73. The SMILES string of the molecule is CCOC(=O)C1=C(C)N=c2sc(=Cc3ccc(OC(=O)c4ccccc4Cl)cc3)c(=O)n2[C@@H]1c1ccc(OC)cc1. The maximum atomic E-state index is 13.8. The first-order valence-electron chi connectivity index (χ1n) is 12.7. The van der Waals surface area contributed by atoms with Gasteiger partial charge >= 0.3 is 11.9 Å². The lowest BCUT2D eigenvalue weighted by Gasteiger charge is -2.24. The third-order valence-corrected chi connectivity index (χ3v) is 7.74. The molecule has 5 rings (SSSR count). The van der Waals surface area contributed by atoms with Crippen molar-refractivity contribution in [3.05, 3.63) is 125 Å². The summed E-state index contributed by atoms with van der Waals surface area (Å²) in [4.78, 5) is 44.3. The highest BCUT2D eigenvalue weighted by atomic mass is 35.5. The summed E-state index contributed by atoms with van der Waals surface area (Å²) in [5, 5.41) is 0.304. The van der Waals surface area contributed by atoms with E-state index in [2.05, 4.69) is 4.99 Å². The highest BCUT2D eigenvalue weighted by Gasteiger charge is 2.33. The second kappa shape index (κ2) is 12.0. The van der Waals surface area contributed by atoms with E-state index in [-0.39, 0.29) is 17.7 Å². The molecule has 3 aromatic carbocycles. The third-order valence-electron chi connectivity index (χ3n) is 6.43. The molecule has 0 amide bonds. The Labute approximate surface area is 244 Å². The summed E-state index contributed by atoms with van der Waals surface area (Å²) in [5.41, 5.74) is 2.21. The van der Waals surface area contributed by atoms with Gasteiger partial charge in [0.1, 0.15) is 11.5 Å². The van der Waals surface area contributed by atoms with Crippen LogP contribution in [0.2, 0.25) is 5.02 Å². The van der Waals surface area contributed by atoms with E-state index >= 15 is 0 Å². The zero-order valence-electron chi connectivity index (χ0n) is 22.4. The fraction of sp³-hybridized carbons (Fsp3) is 0.161. The van der Waals surface area contributed by atoms with Crippen molar-refractivity contribution in [3.8, 4) is 11.5 Å². The van der Waals surface area contributed by atoms with Crippen molar-refractivity contribution in [2.75, 3.05) is 13.7 Å². The number of ether oxygens (including phenoxy) is 3. The first kappa shape index (κ1) is 28.1. The zero-order valence-corrected chi connectivity index (χ0v) is 24.0. The maximum Gasteiger partial charge on any atom is 0.345 e. The molecule has 208 valence electrons. The van der Waals surface area contributed by atoms with E-state index in [1.165, 1.54) is 15.9 Å². The Morgan fingerprint density at radius 1 is 1.00 bits per heavy atom. The summed E-state index contributed by atoms with van der Waals surface area (Å²) in [6.45, 7) is 3.66. The molecule has 2 heterocycles. The molecule has 8 nitrogen and oxygen atoms in total. The number of methoxy groups -OCH3 is 1. The molecule has 1 aromatic heterocycles. The number of benzene rings is 3. The molecule has 0 aliphatic carbocycles. The van der Waals surface area contributed by atoms with Crippen LogP contribution in [0.1, 0.15) is 41.4 Å². The fourth-order valence-electron chi connectivity index (χ4n) is 4.47. The van der Waals surface area contributed by atoms with Gasteiger partial charge in [0.2, 0.25) is 0 Å². The number of thiazole rings is 1. The van der Waals surface area contributed by atoms with E-state index in [1.807, 2.05) is 12.1 Å². The first-order chi connectivity index (χ1) is 19.8. The lowest BCUT2D eigenvalue weighted by Crippen LogP contribution is -2.39. The molecule has 0 saturated heterocycles. The standard InChI is InChI=1S/C31H25ClN2O6S/c1-4-39-30(37)26-18(2)33-31-34(27(26)20-11-15-21(38-3)16-12-20)28(35)25(41-31)17-19-9-13-22(14-10-19)40-29(36)23-7-5-6-8-24(23)32/h5-17,27H,4H2,1-3H3/t27-/m1/s1. The molecule has 41 heavy (non-hydrogen) atoms. The van der Waals surface area contributed by atoms with Crippen LogP contribution < -0.4 is 24.4 Å². The minimum atomic E-state index is -0.718. The van der Waals surface area contributed by atoms with E-state index in [0.717, 1.165) is 11.1 Å². The van der Waals surface area contributed by atoms with Crippen molar-refractivity contribution in [1.82, 2.24) is 4.57 Å². The topological polar surface area (TPSA) is 96.2 Å². The summed E-state index contributed by atoms with van der Waals surface area (Å²) in [7, 11) is 1.57. The predicted molar refractivity (Wildman–Crippen MR) is 156 cm³/mol. The normalized spacial score (nSPS) is 14.7. The maximum absolute atomic E-state index is 13.8. The Morgan fingerprint density at radius 2 is 1.68 bits per heavy atom. The second-order valence-corrected chi connectivity index (χ2v) is 10.4. The number of carbonyl (C=O) groups excluding carboxylic acids is 2. The van der Waals surface area contributed by atoms with Gasteiger partial charge in [0.15, 0.2) is 4.80 Å². The van der Waals surface area contributed by atoms with Crippen molar-refractivity contribution < 1.29 is 23.8 Å². The number of halogens is 1. The summed E-state index contributed by atoms with van der Waals surface area (Å²) in [5.74, 6) is -0.1000.